The Morgan fingerprint density at radius 3 is 2.57 bits per heavy atom. The molecule has 1 aromatic rings. The zero-order valence-electron chi connectivity index (χ0n) is 12.4. The number of hydrogen-bond donors (Lipinski definition) is 0. The van der Waals surface area contributed by atoms with Gasteiger partial charge in [-0.05, 0) is 59.8 Å². The summed E-state index contributed by atoms with van der Waals surface area (Å²) in [5.41, 5.74) is 1.02. The Morgan fingerprint density at radius 2 is 1.90 bits per heavy atom. The Balaban J connectivity index is 2.47. The average molecular weight is 439 g/mol. The molecular formula is C15H21Br2NO2S. The van der Waals surface area contributed by atoms with Crippen molar-refractivity contribution in [3.63, 3.8) is 0 Å². The molecule has 0 N–H and O–H groups in total. The fraction of sp³-hybridized carbons (Fsp3) is 0.600. The highest BCUT2D eigenvalue weighted by Gasteiger charge is 2.33. The van der Waals surface area contributed by atoms with Gasteiger partial charge in [0.25, 0.3) is 0 Å². The van der Waals surface area contributed by atoms with E-state index in [0.29, 0.717) is 15.9 Å². The molecule has 0 aromatic heterocycles. The normalized spacial score (nSPS) is 21.2. The van der Waals surface area contributed by atoms with Crippen LogP contribution >= 0.6 is 31.9 Å². The van der Waals surface area contributed by atoms with Gasteiger partial charge in [0, 0.05) is 21.5 Å². The smallest absolute Gasteiger partial charge is 0.207 e. The van der Waals surface area contributed by atoms with Gasteiger partial charge in [0.15, 0.2) is 0 Å². The Hall–Kier alpha value is 0.0900. The monoisotopic (exact) mass is 437 g/mol. The molecule has 0 radical (unpaired) electrons. The number of rotatable bonds is 3. The van der Waals surface area contributed by atoms with Gasteiger partial charge in [0.1, 0.15) is 0 Å². The van der Waals surface area contributed by atoms with Gasteiger partial charge in [-0.25, -0.2) is 8.42 Å². The van der Waals surface area contributed by atoms with Gasteiger partial charge in [-0.15, -0.1) is 0 Å². The SMILES string of the molecule is CCC1CCCCCN1S(=O)(=O)c1cc(Br)c(C)cc1Br. The number of hydrogen-bond acceptors (Lipinski definition) is 2. The van der Waals surface area contributed by atoms with Crippen LogP contribution in [-0.2, 0) is 10.0 Å². The predicted octanol–water partition coefficient (Wildman–Crippen LogP) is 4.86. The number of halogens is 2. The van der Waals surface area contributed by atoms with Crippen molar-refractivity contribution in [3.05, 3.63) is 26.6 Å². The molecule has 0 aliphatic carbocycles. The van der Waals surface area contributed by atoms with Crippen LogP contribution in [0.4, 0.5) is 0 Å². The first-order valence-electron chi connectivity index (χ1n) is 7.35. The zero-order chi connectivity index (χ0) is 15.6. The second-order valence-corrected chi connectivity index (χ2v) is 9.13. The highest BCUT2D eigenvalue weighted by atomic mass is 79.9. The van der Waals surface area contributed by atoms with Crippen molar-refractivity contribution in [3.8, 4) is 0 Å². The van der Waals surface area contributed by atoms with E-state index >= 15 is 0 Å². The second kappa shape index (κ2) is 7.11. The fourth-order valence-corrected chi connectivity index (χ4v) is 6.23. The molecule has 0 spiro atoms. The Morgan fingerprint density at radius 1 is 1.19 bits per heavy atom. The highest BCUT2D eigenvalue weighted by molar-refractivity contribution is 9.11. The first kappa shape index (κ1) is 17.4. The lowest BCUT2D eigenvalue weighted by atomic mass is 10.1. The molecule has 0 saturated carbocycles. The Kier molecular flexibility index (Phi) is 5.91. The summed E-state index contributed by atoms with van der Waals surface area (Å²) in [4.78, 5) is 0.361. The van der Waals surface area contributed by atoms with Crippen LogP contribution in [0, 0.1) is 6.92 Å². The van der Waals surface area contributed by atoms with Gasteiger partial charge in [-0.3, -0.25) is 0 Å². The Labute approximate surface area is 144 Å². The van der Waals surface area contributed by atoms with Gasteiger partial charge in [-0.1, -0.05) is 35.7 Å². The summed E-state index contributed by atoms with van der Waals surface area (Å²) in [6.07, 6.45) is 5.00. The number of aryl methyl sites for hydroxylation is 1. The van der Waals surface area contributed by atoms with E-state index in [4.69, 9.17) is 0 Å². The quantitative estimate of drug-likeness (QED) is 0.675. The molecule has 21 heavy (non-hydrogen) atoms. The molecule has 1 unspecified atom stereocenters. The van der Waals surface area contributed by atoms with Gasteiger partial charge in [-0.2, -0.15) is 4.31 Å². The van der Waals surface area contributed by atoms with E-state index in [2.05, 4.69) is 38.8 Å². The van der Waals surface area contributed by atoms with Crippen molar-refractivity contribution in [2.75, 3.05) is 6.54 Å². The van der Waals surface area contributed by atoms with Crippen molar-refractivity contribution >= 4 is 41.9 Å². The van der Waals surface area contributed by atoms with Crippen LogP contribution in [0.3, 0.4) is 0 Å². The summed E-state index contributed by atoms with van der Waals surface area (Å²) in [5, 5.41) is 0. The Bertz CT molecular complexity index is 616. The first-order chi connectivity index (χ1) is 9.87. The summed E-state index contributed by atoms with van der Waals surface area (Å²) >= 11 is 6.86. The molecule has 1 heterocycles. The van der Waals surface area contributed by atoms with E-state index in [-0.39, 0.29) is 6.04 Å². The molecule has 2 rings (SSSR count). The van der Waals surface area contributed by atoms with Crippen LogP contribution in [0.25, 0.3) is 0 Å². The third kappa shape index (κ3) is 3.71. The van der Waals surface area contributed by atoms with Crippen molar-refractivity contribution in [1.82, 2.24) is 4.31 Å². The lowest BCUT2D eigenvalue weighted by molar-refractivity contribution is 0.315. The van der Waals surface area contributed by atoms with E-state index in [9.17, 15) is 8.42 Å². The van der Waals surface area contributed by atoms with Crippen molar-refractivity contribution in [2.24, 2.45) is 0 Å². The van der Waals surface area contributed by atoms with Gasteiger partial charge < -0.3 is 0 Å². The molecule has 0 amide bonds. The molecule has 0 bridgehead atoms. The van der Waals surface area contributed by atoms with E-state index < -0.39 is 10.0 Å². The van der Waals surface area contributed by atoms with Crippen LogP contribution in [0.2, 0.25) is 0 Å². The molecule has 1 aromatic carbocycles. The van der Waals surface area contributed by atoms with Crippen molar-refractivity contribution in [1.29, 1.82) is 0 Å². The van der Waals surface area contributed by atoms with E-state index in [1.165, 1.54) is 0 Å². The zero-order valence-corrected chi connectivity index (χ0v) is 16.4. The summed E-state index contributed by atoms with van der Waals surface area (Å²) in [6, 6.07) is 3.69. The minimum atomic E-state index is -3.46. The third-order valence-electron chi connectivity index (χ3n) is 4.09. The van der Waals surface area contributed by atoms with Crippen LogP contribution in [0.15, 0.2) is 26.0 Å². The van der Waals surface area contributed by atoms with Crippen LogP contribution < -0.4 is 0 Å². The third-order valence-corrected chi connectivity index (χ3v) is 7.86. The molecule has 1 aliphatic rings. The lowest BCUT2D eigenvalue weighted by Gasteiger charge is -2.29. The largest absolute Gasteiger partial charge is 0.244 e. The number of benzene rings is 1. The van der Waals surface area contributed by atoms with Gasteiger partial charge >= 0.3 is 0 Å². The van der Waals surface area contributed by atoms with Crippen molar-refractivity contribution < 1.29 is 8.42 Å². The number of nitrogens with zero attached hydrogens (tertiary/aromatic N) is 1. The minimum absolute atomic E-state index is 0.115. The summed E-state index contributed by atoms with van der Waals surface area (Å²) in [6.45, 7) is 4.64. The first-order valence-corrected chi connectivity index (χ1v) is 10.4. The molecule has 1 saturated heterocycles. The van der Waals surface area contributed by atoms with Crippen LogP contribution in [0.1, 0.15) is 44.6 Å². The second-order valence-electron chi connectivity index (χ2n) is 5.56. The predicted molar refractivity (Wildman–Crippen MR) is 93.0 cm³/mol. The van der Waals surface area contributed by atoms with Crippen molar-refractivity contribution in [2.45, 2.75) is 56.9 Å². The van der Waals surface area contributed by atoms with Gasteiger partial charge in [0.2, 0.25) is 10.0 Å². The maximum atomic E-state index is 13.1. The average Bonchev–Trinajstić information content (AvgIpc) is 2.68. The highest BCUT2D eigenvalue weighted by Crippen LogP contribution is 2.33. The molecule has 1 atom stereocenters. The van der Waals surface area contributed by atoms with Crippen LogP contribution in [0.5, 0.6) is 0 Å². The van der Waals surface area contributed by atoms with E-state index in [0.717, 1.165) is 42.1 Å². The topological polar surface area (TPSA) is 37.4 Å². The summed E-state index contributed by atoms with van der Waals surface area (Å²) in [7, 11) is -3.46. The molecular weight excluding hydrogens is 418 g/mol. The maximum absolute atomic E-state index is 13.1. The van der Waals surface area contributed by atoms with E-state index in [1.54, 1.807) is 10.4 Å². The fourth-order valence-electron chi connectivity index (χ4n) is 2.83. The molecule has 1 fully saturated rings. The summed E-state index contributed by atoms with van der Waals surface area (Å²) < 4.78 is 29.3. The molecule has 6 heteroatoms. The van der Waals surface area contributed by atoms with E-state index in [1.807, 2.05) is 13.0 Å². The molecule has 1 aliphatic heterocycles. The van der Waals surface area contributed by atoms with Gasteiger partial charge in [0.05, 0.1) is 4.90 Å². The molecule has 3 nitrogen and oxygen atoms in total. The number of sulfonamides is 1. The standard InChI is InChI=1S/C15H21Br2NO2S/c1-3-12-7-5-4-6-8-18(12)21(19,20)15-10-13(16)11(2)9-14(15)17/h9-10,12H,3-8H2,1-2H3. The minimum Gasteiger partial charge on any atom is -0.207 e. The summed E-state index contributed by atoms with van der Waals surface area (Å²) in [5.74, 6) is 0. The molecule has 118 valence electrons. The maximum Gasteiger partial charge on any atom is 0.244 e. The lowest BCUT2D eigenvalue weighted by Crippen LogP contribution is -2.39. The van der Waals surface area contributed by atoms with Crippen LogP contribution in [-0.4, -0.2) is 25.3 Å².